The molecule has 1 saturated carbocycles. The Labute approximate surface area is 118 Å². The van der Waals surface area contributed by atoms with Crippen molar-refractivity contribution in [2.75, 3.05) is 13.1 Å². The fourth-order valence-corrected chi connectivity index (χ4v) is 5.05. The molecule has 0 radical (unpaired) electrons. The summed E-state index contributed by atoms with van der Waals surface area (Å²) in [4.78, 5) is 6.34. The van der Waals surface area contributed by atoms with Gasteiger partial charge in [0.2, 0.25) is 0 Å². The van der Waals surface area contributed by atoms with Crippen LogP contribution in [0.1, 0.15) is 36.4 Å². The Morgan fingerprint density at radius 3 is 3.15 bits per heavy atom. The van der Waals surface area contributed by atoms with Gasteiger partial charge in [-0.05, 0) is 48.9 Å². The van der Waals surface area contributed by atoms with E-state index < -0.39 is 0 Å². The standard InChI is InChI=1S/C17H19FN2/c18-11-4-5-14-13(8-11)12-6-7-20-9-10-2-1-3-15(20)16(10)17(12)19-14/h4-5,8,10,15-16,19H,1-3,6-7,9H2/t10?,15?,16-/m1/s1. The maximum absolute atomic E-state index is 13.6. The van der Waals surface area contributed by atoms with Crippen LogP contribution in [0.15, 0.2) is 18.2 Å². The van der Waals surface area contributed by atoms with E-state index in [4.69, 9.17) is 0 Å². The van der Waals surface area contributed by atoms with E-state index >= 15 is 0 Å². The van der Waals surface area contributed by atoms with Gasteiger partial charge in [-0.15, -0.1) is 0 Å². The normalized spacial score (nSPS) is 35.0. The highest BCUT2D eigenvalue weighted by atomic mass is 19.1. The van der Waals surface area contributed by atoms with Crippen LogP contribution >= 0.6 is 0 Å². The third-order valence-corrected chi connectivity index (χ3v) is 5.82. The monoisotopic (exact) mass is 270 g/mol. The van der Waals surface area contributed by atoms with Crippen molar-refractivity contribution < 1.29 is 4.39 Å². The Kier molecular flexibility index (Phi) is 2.18. The predicted octanol–water partition coefficient (Wildman–Crippen LogP) is 3.43. The van der Waals surface area contributed by atoms with E-state index in [2.05, 4.69) is 9.88 Å². The van der Waals surface area contributed by atoms with Gasteiger partial charge in [0.05, 0.1) is 0 Å². The summed E-state index contributed by atoms with van der Waals surface area (Å²) < 4.78 is 13.6. The molecule has 3 heterocycles. The molecule has 2 fully saturated rings. The number of nitrogens with one attached hydrogen (secondary N) is 1. The summed E-state index contributed by atoms with van der Waals surface area (Å²) in [7, 11) is 0. The summed E-state index contributed by atoms with van der Waals surface area (Å²) in [5.74, 6) is 1.36. The van der Waals surface area contributed by atoms with Crippen molar-refractivity contribution in [1.29, 1.82) is 0 Å². The van der Waals surface area contributed by atoms with Crippen molar-refractivity contribution in [2.45, 2.75) is 37.6 Å². The molecule has 1 N–H and O–H groups in total. The summed E-state index contributed by atoms with van der Waals surface area (Å²) >= 11 is 0. The minimum atomic E-state index is -0.116. The highest BCUT2D eigenvalue weighted by molar-refractivity contribution is 5.85. The summed E-state index contributed by atoms with van der Waals surface area (Å²) in [6.45, 7) is 2.42. The van der Waals surface area contributed by atoms with Gasteiger partial charge in [-0.3, -0.25) is 4.90 Å². The first-order valence-electron chi connectivity index (χ1n) is 7.85. The molecule has 3 unspecified atom stereocenters. The van der Waals surface area contributed by atoms with Crippen molar-refractivity contribution in [1.82, 2.24) is 9.88 Å². The zero-order valence-electron chi connectivity index (χ0n) is 11.5. The van der Waals surface area contributed by atoms with Gasteiger partial charge in [0.15, 0.2) is 0 Å². The van der Waals surface area contributed by atoms with Crippen molar-refractivity contribution in [3.05, 3.63) is 35.3 Å². The fourth-order valence-electron chi connectivity index (χ4n) is 5.05. The van der Waals surface area contributed by atoms with Gasteiger partial charge in [-0.25, -0.2) is 4.39 Å². The van der Waals surface area contributed by atoms with Crippen LogP contribution in [0.2, 0.25) is 0 Å². The molecule has 104 valence electrons. The van der Waals surface area contributed by atoms with Crippen molar-refractivity contribution in [2.24, 2.45) is 5.92 Å². The van der Waals surface area contributed by atoms with E-state index in [9.17, 15) is 4.39 Å². The van der Waals surface area contributed by atoms with Crippen LogP contribution < -0.4 is 0 Å². The molecule has 5 rings (SSSR count). The maximum atomic E-state index is 13.6. The molecule has 2 nitrogen and oxygen atoms in total. The van der Waals surface area contributed by atoms with Gasteiger partial charge < -0.3 is 4.98 Å². The summed E-state index contributed by atoms with van der Waals surface area (Å²) in [6, 6.07) is 5.92. The van der Waals surface area contributed by atoms with Gasteiger partial charge in [0.1, 0.15) is 5.82 Å². The molecule has 3 heteroatoms. The Balaban J connectivity index is 1.75. The third kappa shape index (κ3) is 1.37. The second kappa shape index (κ2) is 3.85. The van der Waals surface area contributed by atoms with Gasteiger partial charge in [-0.2, -0.15) is 0 Å². The Hall–Kier alpha value is -1.35. The van der Waals surface area contributed by atoms with Gasteiger partial charge in [0, 0.05) is 41.6 Å². The Morgan fingerprint density at radius 2 is 2.20 bits per heavy atom. The first-order chi connectivity index (χ1) is 9.81. The molecule has 1 aromatic carbocycles. The molecule has 1 aromatic heterocycles. The lowest BCUT2D eigenvalue weighted by molar-refractivity contribution is 0.239. The van der Waals surface area contributed by atoms with E-state index in [0.717, 1.165) is 35.8 Å². The number of fused-ring (bicyclic) bond motifs is 3. The Morgan fingerprint density at radius 1 is 1.25 bits per heavy atom. The van der Waals surface area contributed by atoms with Crippen molar-refractivity contribution in [3.8, 4) is 0 Å². The van der Waals surface area contributed by atoms with E-state index in [1.807, 2.05) is 6.07 Å². The van der Waals surface area contributed by atoms with E-state index in [0.29, 0.717) is 5.92 Å². The lowest BCUT2D eigenvalue weighted by Gasteiger charge is -2.30. The van der Waals surface area contributed by atoms with E-state index in [1.54, 1.807) is 12.1 Å². The largest absolute Gasteiger partial charge is 0.358 e. The molecule has 0 amide bonds. The van der Waals surface area contributed by atoms with E-state index in [1.165, 1.54) is 37.1 Å². The third-order valence-electron chi connectivity index (χ3n) is 5.82. The molecule has 3 aliphatic rings. The molecule has 4 atom stereocenters. The molecule has 1 saturated heterocycles. The van der Waals surface area contributed by atoms with Crippen LogP contribution in [-0.2, 0) is 6.42 Å². The molecule has 2 aromatic rings. The molecule has 2 aliphatic heterocycles. The van der Waals surface area contributed by atoms with Crippen molar-refractivity contribution >= 4 is 10.9 Å². The molecular formula is C17H19FN2. The second-order valence-electron chi connectivity index (χ2n) is 6.74. The number of nitrogens with zero attached hydrogens (tertiary/aromatic N) is 1. The summed E-state index contributed by atoms with van der Waals surface area (Å²) in [5.41, 5.74) is 3.94. The smallest absolute Gasteiger partial charge is 0.123 e. The Bertz CT molecular complexity index is 690. The predicted molar refractivity (Wildman–Crippen MR) is 77.4 cm³/mol. The molecular weight excluding hydrogens is 251 g/mol. The van der Waals surface area contributed by atoms with Crippen LogP contribution in [0.4, 0.5) is 4.39 Å². The second-order valence-corrected chi connectivity index (χ2v) is 6.74. The van der Waals surface area contributed by atoms with Crippen molar-refractivity contribution in [3.63, 3.8) is 0 Å². The lowest BCUT2D eigenvalue weighted by atomic mass is 9.77. The number of aromatic nitrogens is 1. The van der Waals surface area contributed by atoms with Gasteiger partial charge >= 0.3 is 0 Å². The summed E-state index contributed by atoms with van der Waals surface area (Å²) in [5, 5.41) is 1.12. The number of hydrogen-bond donors (Lipinski definition) is 1. The highest BCUT2D eigenvalue weighted by Gasteiger charge is 2.47. The minimum absolute atomic E-state index is 0.116. The average Bonchev–Trinajstić information content (AvgIpc) is 2.80. The van der Waals surface area contributed by atoms with Crippen LogP contribution in [0.5, 0.6) is 0 Å². The zero-order valence-corrected chi connectivity index (χ0v) is 11.5. The fraction of sp³-hybridized carbons (Fsp3) is 0.529. The number of aromatic amines is 1. The number of hydrogen-bond acceptors (Lipinski definition) is 1. The van der Waals surface area contributed by atoms with Crippen LogP contribution in [0.3, 0.4) is 0 Å². The maximum Gasteiger partial charge on any atom is 0.123 e. The average molecular weight is 270 g/mol. The number of benzene rings is 1. The van der Waals surface area contributed by atoms with Gasteiger partial charge in [0.25, 0.3) is 0 Å². The van der Waals surface area contributed by atoms with Crippen LogP contribution in [0, 0.1) is 11.7 Å². The number of H-pyrrole nitrogens is 1. The number of rotatable bonds is 0. The van der Waals surface area contributed by atoms with E-state index in [-0.39, 0.29) is 5.82 Å². The van der Waals surface area contributed by atoms with Crippen LogP contribution in [0.25, 0.3) is 10.9 Å². The number of halogens is 1. The topological polar surface area (TPSA) is 19.0 Å². The van der Waals surface area contributed by atoms with Gasteiger partial charge in [-0.1, -0.05) is 6.42 Å². The molecule has 4 bridgehead atoms. The SMILES string of the molecule is Fc1ccc2[nH]c3c(c2c1)CCN1CC2CCCC1[C@H]32. The zero-order chi connectivity index (χ0) is 13.3. The first-order valence-corrected chi connectivity index (χ1v) is 7.85. The lowest BCUT2D eigenvalue weighted by Crippen LogP contribution is -2.32. The van der Waals surface area contributed by atoms with Crippen LogP contribution in [-0.4, -0.2) is 29.0 Å². The molecule has 1 aliphatic carbocycles. The molecule has 20 heavy (non-hydrogen) atoms. The quantitative estimate of drug-likeness (QED) is 0.777. The highest BCUT2D eigenvalue weighted by Crippen LogP contribution is 2.49. The first kappa shape index (κ1) is 11.3. The summed E-state index contributed by atoms with van der Waals surface area (Å²) in [6.07, 6.45) is 5.15. The minimum Gasteiger partial charge on any atom is -0.358 e. The molecule has 0 spiro atoms.